The van der Waals surface area contributed by atoms with Gasteiger partial charge in [-0.1, -0.05) is 35.9 Å². The van der Waals surface area contributed by atoms with Crippen molar-refractivity contribution < 1.29 is 4.74 Å². The standard InChI is InChI=1S/C27H25N3O/c1-18-7-5-8-20(15-18)22-11-12-24(31-14-6-10-21-9-3-4-13-28-21)26-25(22)23-16-19(2)17-29-27(23)30-26/h3-5,7-9,11-13,15-17H,6,10,14H2,1-2H3,(H,29,30). The summed E-state index contributed by atoms with van der Waals surface area (Å²) in [5.41, 5.74) is 7.77. The highest BCUT2D eigenvalue weighted by atomic mass is 16.5. The van der Waals surface area contributed by atoms with Gasteiger partial charge in [0.1, 0.15) is 11.4 Å². The molecule has 3 aromatic heterocycles. The van der Waals surface area contributed by atoms with Crippen LogP contribution in [0.2, 0.25) is 0 Å². The van der Waals surface area contributed by atoms with Crippen LogP contribution in [0.15, 0.2) is 73.1 Å². The summed E-state index contributed by atoms with van der Waals surface area (Å²) in [4.78, 5) is 12.5. The van der Waals surface area contributed by atoms with Crippen molar-refractivity contribution in [2.45, 2.75) is 26.7 Å². The van der Waals surface area contributed by atoms with Crippen LogP contribution in [-0.2, 0) is 6.42 Å². The fraction of sp³-hybridized carbons (Fsp3) is 0.185. The number of nitrogens with one attached hydrogen (secondary N) is 1. The van der Waals surface area contributed by atoms with Crippen LogP contribution in [0.25, 0.3) is 33.1 Å². The second-order valence-electron chi connectivity index (χ2n) is 8.04. The molecule has 0 atom stereocenters. The first-order valence-electron chi connectivity index (χ1n) is 10.7. The summed E-state index contributed by atoms with van der Waals surface area (Å²) >= 11 is 0. The number of hydrogen-bond acceptors (Lipinski definition) is 3. The highest BCUT2D eigenvalue weighted by Gasteiger charge is 2.16. The van der Waals surface area contributed by atoms with Gasteiger partial charge in [-0.3, -0.25) is 4.98 Å². The number of H-pyrrole nitrogens is 1. The lowest BCUT2D eigenvalue weighted by Gasteiger charge is -2.11. The molecule has 2 aromatic carbocycles. The van der Waals surface area contributed by atoms with Crippen LogP contribution in [0.1, 0.15) is 23.2 Å². The summed E-state index contributed by atoms with van der Waals surface area (Å²) in [6.45, 7) is 4.84. The Labute approximate surface area is 181 Å². The normalized spacial score (nSPS) is 11.3. The Balaban J connectivity index is 1.52. The molecule has 0 aliphatic heterocycles. The summed E-state index contributed by atoms with van der Waals surface area (Å²) in [7, 11) is 0. The van der Waals surface area contributed by atoms with E-state index in [0.29, 0.717) is 6.61 Å². The van der Waals surface area contributed by atoms with E-state index in [9.17, 15) is 0 Å². The molecule has 0 spiro atoms. The smallest absolute Gasteiger partial charge is 0.143 e. The van der Waals surface area contributed by atoms with Gasteiger partial charge in [-0.2, -0.15) is 0 Å². The first-order chi connectivity index (χ1) is 15.2. The molecule has 1 N–H and O–H groups in total. The lowest BCUT2D eigenvalue weighted by Crippen LogP contribution is -2.01. The molecule has 0 unspecified atom stereocenters. The average molecular weight is 408 g/mol. The molecule has 5 rings (SSSR count). The Bertz CT molecular complexity index is 1360. The third-order valence-corrected chi connectivity index (χ3v) is 5.59. The first-order valence-corrected chi connectivity index (χ1v) is 10.7. The highest BCUT2D eigenvalue weighted by molar-refractivity contribution is 6.15. The topological polar surface area (TPSA) is 50.8 Å². The van der Waals surface area contributed by atoms with Crippen LogP contribution in [0, 0.1) is 13.8 Å². The number of rotatable bonds is 6. The third kappa shape index (κ3) is 3.89. The number of fused-ring (bicyclic) bond motifs is 3. The zero-order valence-corrected chi connectivity index (χ0v) is 17.9. The van der Waals surface area contributed by atoms with Crippen LogP contribution in [0.3, 0.4) is 0 Å². The van der Waals surface area contributed by atoms with Crippen LogP contribution >= 0.6 is 0 Å². The summed E-state index contributed by atoms with van der Waals surface area (Å²) < 4.78 is 6.23. The van der Waals surface area contributed by atoms with Gasteiger partial charge in [0, 0.05) is 28.9 Å². The van der Waals surface area contributed by atoms with E-state index in [1.165, 1.54) is 22.1 Å². The minimum absolute atomic E-state index is 0.636. The molecule has 0 amide bonds. The second kappa shape index (κ2) is 8.23. The Hall–Kier alpha value is -3.66. The van der Waals surface area contributed by atoms with Crippen LogP contribution in [-0.4, -0.2) is 21.6 Å². The first kappa shape index (κ1) is 19.3. The van der Waals surface area contributed by atoms with Crippen molar-refractivity contribution in [3.63, 3.8) is 0 Å². The third-order valence-electron chi connectivity index (χ3n) is 5.59. The van der Waals surface area contributed by atoms with Gasteiger partial charge in [-0.25, -0.2) is 4.98 Å². The van der Waals surface area contributed by atoms with Crippen LogP contribution in [0.4, 0.5) is 0 Å². The molecule has 0 aliphatic rings. The average Bonchev–Trinajstić information content (AvgIpc) is 3.16. The number of aromatic amines is 1. The Morgan fingerprint density at radius 2 is 1.84 bits per heavy atom. The number of aromatic nitrogens is 3. The molecule has 3 heterocycles. The molecule has 4 nitrogen and oxygen atoms in total. The fourth-order valence-corrected chi connectivity index (χ4v) is 4.12. The molecule has 154 valence electrons. The largest absolute Gasteiger partial charge is 0.491 e. The van der Waals surface area contributed by atoms with Crippen LogP contribution < -0.4 is 4.74 Å². The Morgan fingerprint density at radius 3 is 2.68 bits per heavy atom. The van der Waals surface area contributed by atoms with E-state index in [-0.39, 0.29) is 0 Å². The summed E-state index contributed by atoms with van der Waals surface area (Å²) in [6.07, 6.45) is 5.55. The van der Waals surface area contributed by atoms with Crippen molar-refractivity contribution in [1.29, 1.82) is 0 Å². The molecular weight excluding hydrogens is 382 g/mol. The van der Waals surface area contributed by atoms with Gasteiger partial charge >= 0.3 is 0 Å². The second-order valence-corrected chi connectivity index (χ2v) is 8.04. The number of ether oxygens (including phenoxy) is 1. The fourth-order valence-electron chi connectivity index (χ4n) is 4.12. The SMILES string of the molecule is Cc1cccc(-c2ccc(OCCCc3ccccn3)c3[nH]c4ncc(C)cc4c23)c1. The lowest BCUT2D eigenvalue weighted by atomic mass is 9.98. The number of aryl methyl sites for hydroxylation is 3. The van der Waals surface area contributed by atoms with Crippen molar-refractivity contribution in [3.8, 4) is 16.9 Å². The van der Waals surface area contributed by atoms with E-state index in [1.54, 1.807) is 0 Å². The van der Waals surface area contributed by atoms with Gasteiger partial charge in [-0.15, -0.1) is 0 Å². The number of hydrogen-bond donors (Lipinski definition) is 1. The van der Waals surface area contributed by atoms with Gasteiger partial charge < -0.3 is 9.72 Å². The number of pyridine rings is 2. The van der Waals surface area contributed by atoms with Crippen LogP contribution in [0.5, 0.6) is 5.75 Å². The van der Waals surface area contributed by atoms with Crippen molar-refractivity contribution in [2.24, 2.45) is 0 Å². The lowest BCUT2D eigenvalue weighted by molar-refractivity contribution is 0.313. The van der Waals surface area contributed by atoms with Crippen molar-refractivity contribution in [1.82, 2.24) is 15.0 Å². The number of nitrogens with zero attached hydrogens (tertiary/aromatic N) is 2. The van der Waals surface area contributed by atoms with Crippen molar-refractivity contribution in [3.05, 3.63) is 89.9 Å². The minimum Gasteiger partial charge on any atom is -0.491 e. The maximum Gasteiger partial charge on any atom is 0.143 e. The minimum atomic E-state index is 0.636. The van der Waals surface area contributed by atoms with Gasteiger partial charge in [0.15, 0.2) is 0 Å². The van der Waals surface area contributed by atoms with Crippen molar-refractivity contribution >= 4 is 21.9 Å². The molecule has 0 saturated carbocycles. The van der Waals surface area contributed by atoms with Gasteiger partial charge in [0.2, 0.25) is 0 Å². The molecule has 4 heteroatoms. The predicted molar refractivity (Wildman–Crippen MR) is 127 cm³/mol. The monoisotopic (exact) mass is 407 g/mol. The molecule has 5 aromatic rings. The molecule has 0 aliphatic carbocycles. The molecule has 0 saturated heterocycles. The van der Waals surface area contributed by atoms with E-state index in [1.807, 2.05) is 24.5 Å². The van der Waals surface area contributed by atoms with E-state index >= 15 is 0 Å². The maximum absolute atomic E-state index is 6.23. The molecule has 31 heavy (non-hydrogen) atoms. The summed E-state index contributed by atoms with van der Waals surface area (Å²) in [5.74, 6) is 0.864. The van der Waals surface area contributed by atoms with Gasteiger partial charge in [0.05, 0.1) is 12.1 Å². The highest BCUT2D eigenvalue weighted by Crippen LogP contribution is 2.39. The zero-order valence-electron chi connectivity index (χ0n) is 17.9. The zero-order chi connectivity index (χ0) is 21.2. The molecule has 0 fully saturated rings. The van der Waals surface area contributed by atoms with Gasteiger partial charge in [-0.05, 0) is 73.7 Å². The molecule has 0 bridgehead atoms. The number of benzene rings is 2. The van der Waals surface area contributed by atoms with E-state index in [2.05, 4.69) is 77.3 Å². The maximum atomic E-state index is 6.23. The predicted octanol–water partition coefficient (Wildman–Crippen LogP) is 6.41. The quantitative estimate of drug-likeness (QED) is 0.331. The Morgan fingerprint density at radius 1 is 0.903 bits per heavy atom. The van der Waals surface area contributed by atoms with Gasteiger partial charge in [0.25, 0.3) is 0 Å². The summed E-state index contributed by atoms with van der Waals surface area (Å²) in [6, 6.07) is 21.1. The van der Waals surface area contributed by atoms with E-state index in [4.69, 9.17) is 4.74 Å². The molecule has 0 radical (unpaired) electrons. The van der Waals surface area contributed by atoms with E-state index in [0.717, 1.165) is 46.4 Å². The summed E-state index contributed by atoms with van der Waals surface area (Å²) in [5, 5.41) is 2.30. The van der Waals surface area contributed by atoms with E-state index < -0.39 is 0 Å². The molecular formula is C27H25N3O. The Kier molecular flexibility index (Phi) is 5.13. The van der Waals surface area contributed by atoms with Crippen molar-refractivity contribution in [2.75, 3.05) is 6.61 Å².